The van der Waals surface area contributed by atoms with Crippen LogP contribution in [0.1, 0.15) is 47.4 Å². The first-order valence-electron chi connectivity index (χ1n) is 14.1. The third-order valence-corrected chi connectivity index (χ3v) is 15.5. The van der Waals surface area contributed by atoms with E-state index in [0.29, 0.717) is 0 Å². The number of ether oxygens (including phenoxy) is 1. The highest BCUT2D eigenvalue weighted by molar-refractivity contribution is 7.36. The molecule has 6 aromatic heterocycles. The lowest BCUT2D eigenvalue weighted by molar-refractivity contribution is 0.0282. The zero-order chi connectivity index (χ0) is 30.7. The second-order valence-corrected chi connectivity index (χ2v) is 17.2. The van der Waals surface area contributed by atoms with E-state index in [1.54, 1.807) is 46.2 Å². The molecule has 0 bridgehead atoms. The van der Waals surface area contributed by atoms with Crippen LogP contribution in [-0.2, 0) is 5.60 Å². The molecule has 1 aliphatic heterocycles. The number of allylic oxidation sites excluding steroid dienone is 2. The van der Waals surface area contributed by atoms with Gasteiger partial charge in [-0.25, -0.2) is 0 Å². The Labute approximate surface area is 282 Å². The van der Waals surface area contributed by atoms with Crippen molar-refractivity contribution in [2.75, 3.05) is 0 Å². The number of nitriles is 4. The maximum atomic E-state index is 9.16. The molecule has 2 aliphatic rings. The Hall–Kier alpha value is -4.04. The van der Waals surface area contributed by atoms with E-state index in [0.717, 1.165) is 50.9 Å². The summed E-state index contributed by atoms with van der Waals surface area (Å²) in [6.45, 7) is 0. The molecule has 216 valence electrons. The Kier molecular flexibility index (Phi) is 7.01. The van der Waals surface area contributed by atoms with E-state index in [2.05, 4.69) is 24.3 Å². The van der Waals surface area contributed by atoms with E-state index in [1.165, 1.54) is 50.3 Å². The predicted octanol–water partition coefficient (Wildman–Crippen LogP) is 11.8. The molecule has 6 aromatic rings. The Bertz CT molecular complexity index is 2370. The van der Waals surface area contributed by atoms with E-state index >= 15 is 0 Å². The third kappa shape index (κ3) is 4.68. The fraction of sp³-hybridized carbons (Fsp3) is 0.176. The van der Waals surface area contributed by atoms with Crippen LogP contribution in [0.4, 0.5) is 0 Å². The Morgan fingerprint density at radius 2 is 1.16 bits per heavy atom. The molecule has 0 atom stereocenters. The van der Waals surface area contributed by atoms with E-state index in [-0.39, 0.29) is 16.7 Å². The van der Waals surface area contributed by atoms with E-state index < -0.39 is 0 Å². The highest BCUT2D eigenvalue weighted by Gasteiger charge is 2.46. The lowest BCUT2D eigenvalue weighted by atomic mass is 9.78. The Balaban J connectivity index is 1.21. The van der Waals surface area contributed by atoms with Gasteiger partial charge < -0.3 is 4.74 Å². The number of rotatable bonds is 4. The molecule has 0 amide bonds. The van der Waals surface area contributed by atoms with Gasteiger partial charge in [0.1, 0.15) is 41.0 Å². The first-order chi connectivity index (χ1) is 22.0. The maximum Gasteiger partial charge on any atom is 0.157 e. The maximum absolute atomic E-state index is 9.16. The van der Waals surface area contributed by atoms with Crippen LogP contribution in [0.3, 0.4) is 0 Å². The SMILES string of the molecule is N#CC(C#N)=Cc1ccc(-c2cc3sc4c(c3s2)OC2(CCCCC2)c2c-4sc3cc(-c4ccc(C=C(C#N)C#N)s4)sc23)s1. The van der Waals surface area contributed by atoms with Crippen LogP contribution in [0.25, 0.3) is 60.2 Å². The zero-order valence-corrected chi connectivity index (χ0v) is 28.2. The molecule has 0 saturated heterocycles. The minimum absolute atomic E-state index is 0.108. The molecular weight excluding hydrogens is 673 g/mol. The van der Waals surface area contributed by atoms with Crippen molar-refractivity contribution in [3.63, 3.8) is 0 Å². The minimum Gasteiger partial charge on any atom is -0.479 e. The van der Waals surface area contributed by atoms with Crippen LogP contribution in [0.15, 0.2) is 47.5 Å². The van der Waals surface area contributed by atoms with Gasteiger partial charge >= 0.3 is 0 Å². The van der Waals surface area contributed by atoms with Crippen LogP contribution >= 0.6 is 68.0 Å². The molecular formula is C34H18N4OS6. The average molecular weight is 691 g/mol. The van der Waals surface area contributed by atoms with Gasteiger partial charge in [-0.05, 0) is 74.2 Å². The van der Waals surface area contributed by atoms with Gasteiger partial charge in [-0.15, -0.1) is 68.0 Å². The first kappa shape index (κ1) is 28.4. The number of fused-ring (bicyclic) bond motifs is 8. The molecule has 7 heterocycles. The van der Waals surface area contributed by atoms with Crippen molar-refractivity contribution in [3.05, 3.63) is 62.9 Å². The lowest BCUT2D eigenvalue weighted by Crippen LogP contribution is -2.37. The average Bonchev–Trinajstić information content (AvgIpc) is 3.89. The second kappa shape index (κ2) is 11.1. The summed E-state index contributed by atoms with van der Waals surface area (Å²) in [5.41, 5.74) is 1.26. The Morgan fingerprint density at radius 3 is 1.73 bits per heavy atom. The summed E-state index contributed by atoms with van der Waals surface area (Å²) in [6.07, 6.45) is 8.83. The third-order valence-electron chi connectivity index (χ3n) is 8.10. The molecule has 8 rings (SSSR count). The van der Waals surface area contributed by atoms with Crippen LogP contribution in [0.5, 0.6) is 5.75 Å². The molecule has 1 saturated carbocycles. The van der Waals surface area contributed by atoms with E-state index in [4.69, 9.17) is 25.8 Å². The largest absolute Gasteiger partial charge is 0.479 e. The Morgan fingerprint density at radius 1 is 0.622 bits per heavy atom. The van der Waals surface area contributed by atoms with Crippen molar-refractivity contribution in [1.29, 1.82) is 21.0 Å². The van der Waals surface area contributed by atoms with Gasteiger partial charge in [-0.2, -0.15) is 21.0 Å². The number of thiophene rings is 6. The minimum atomic E-state index is -0.331. The molecule has 5 nitrogen and oxygen atoms in total. The van der Waals surface area contributed by atoms with E-state index in [9.17, 15) is 0 Å². The quantitative estimate of drug-likeness (QED) is 0.171. The van der Waals surface area contributed by atoms with Crippen molar-refractivity contribution >= 4 is 99.0 Å². The summed E-state index contributed by atoms with van der Waals surface area (Å²) in [7, 11) is 0. The summed E-state index contributed by atoms with van der Waals surface area (Å²) >= 11 is 10.5. The number of hydrogen-bond donors (Lipinski definition) is 0. The smallest absolute Gasteiger partial charge is 0.157 e. The van der Waals surface area contributed by atoms with Crippen LogP contribution in [-0.4, -0.2) is 0 Å². The normalized spacial score (nSPS) is 14.5. The van der Waals surface area contributed by atoms with E-state index in [1.807, 2.05) is 70.4 Å². The molecule has 0 unspecified atom stereocenters. The molecule has 1 aliphatic carbocycles. The van der Waals surface area contributed by atoms with Gasteiger partial charge in [-0.1, -0.05) is 6.42 Å². The monoisotopic (exact) mass is 690 g/mol. The molecule has 0 aromatic carbocycles. The van der Waals surface area contributed by atoms with Crippen LogP contribution < -0.4 is 4.74 Å². The van der Waals surface area contributed by atoms with Gasteiger partial charge in [0.25, 0.3) is 0 Å². The molecule has 1 fully saturated rings. The van der Waals surface area contributed by atoms with Gasteiger partial charge in [0, 0.05) is 39.5 Å². The summed E-state index contributed by atoms with van der Waals surface area (Å²) in [6, 6.07) is 20.4. The highest BCUT2D eigenvalue weighted by Crippen LogP contribution is 2.63. The highest BCUT2D eigenvalue weighted by atomic mass is 32.1. The number of hydrogen-bond acceptors (Lipinski definition) is 11. The van der Waals surface area contributed by atoms with Gasteiger partial charge in [0.05, 0.1) is 23.9 Å². The lowest BCUT2D eigenvalue weighted by Gasteiger charge is -2.40. The molecule has 0 N–H and O–H groups in total. The zero-order valence-electron chi connectivity index (χ0n) is 23.3. The standard InChI is InChI=1S/C34H18N4OS6/c35-14-18(15-36)10-20-4-6-22(40-20)24-12-26-30(42-24)28-32(44-26)33-29(39-34(28)8-2-1-3-9-34)31-27(45-33)13-25(43-31)23-7-5-21(41-23)11-19(16-37)17-38/h4-7,10-13H,1-3,8-9H2. The van der Waals surface area contributed by atoms with Gasteiger partial charge in [0.15, 0.2) is 5.75 Å². The van der Waals surface area contributed by atoms with Crippen molar-refractivity contribution < 1.29 is 4.74 Å². The topological polar surface area (TPSA) is 104 Å². The second-order valence-electron chi connectivity index (χ2n) is 10.8. The summed E-state index contributed by atoms with van der Waals surface area (Å²) < 4.78 is 12.3. The van der Waals surface area contributed by atoms with Crippen molar-refractivity contribution in [3.8, 4) is 59.3 Å². The van der Waals surface area contributed by atoms with Gasteiger partial charge in [0.2, 0.25) is 0 Å². The molecule has 11 heteroatoms. The molecule has 1 spiro atoms. The van der Waals surface area contributed by atoms with Crippen LogP contribution in [0, 0.1) is 45.3 Å². The first-order valence-corrected chi connectivity index (χ1v) is 19.0. The van der Waals surface area contributed by atoms with Crippen molar-refractivity contribution in [2.24, 2.45) is 0 Å². The summed E-state index contributed by atoms with van der Waals surface area (Å²) in [5.74, 6) is 1.03. The molecule has 0 radical (unpaired) electrons. The van der Waals surface area contributed by atoms with Crippen LogP contribution in [0.2, 0.25) is 0 Å². The van der Waals surface area contributed by atoms with Crippen molar-refractivity contribution in [2.45, 2.75) is 37.7 Å². The fourth-order valence-electron chi connectivity index (χ4n) is 6.13. The van der Waals surface area contributed by atoms with Crippen molar-refractivity contribution in [1.82, 2.24) is 0 Å². The summed E-state index contributed by atoms with van der Waals surface area (Å²) in [5, 5.41) is 36.6. The molecule has 45 heavy (non-hydrogen) atoms. The summed E-state index contributed by atoms with van der Waals surface area (Å²) in [4.78, 5) is 9.02. The predicted molar refractivity (Wildman–Crippen MR) is 189 cm³/mol. The fourth-order valence-corrected chi connectivity index (χ4v) is 13.6. The number of nitrogens with zero attached hydrogens (tertiary/aromatic N) is 4. The van der Waals surface area contributed by atoms with Gasteiger partial charge in [-0.3, -0.25) is 0 Å².